The molecule has 1 aromatic heterocycles. The van der Waals surface area contributed by atoms with E-state index in [9.17, 15) is 0 Å². The minimum atomic E-state index is -0.0355. The van der Waals surface area contributed by atoms with E-state index in [1.165, 1.54) is 0 Å². The van der Waals surface area contributed by atoms with Crippen LogP contribution in [0, 0.1) is 0 Å². The number of rotatable bonds is 4. The normalized spacial score (nSPS) is 22.0. The van der Waals surface area contributed by atoms with Crippen LogP contribution in [0.25, 0.3) is 0 Å². The van der Waals surface area contributed by atoms with Crippen LogP contribution in [0.5, 0.6) is 0 Å². The van der Waals surface area contributed by atoms with Crippen molar-refractivity contribution in [1.29, 1.82) is 0 Å². The smallest absolute Gasteiger partial charge is 0.139 e. The quantitative estimate of drug-likeness (QED) is 0.922. The third-order valence-electron chi connectivity index (χ3n) is 4.02. The number of nitrogens with zero attached hydrogens (tertiary/aromatic N) is 2. The molecule has 1 aliphatic rings. The Balaban J connectivity index is 1.72. The predicted octanol–water partition coefficient (Wildman–Crippen LogP) is 3.74. The van der Waals surface area contributed by atoms with Crippen molar-refractivity contribution in [2.75, 3.05) is 6.61 Å². The number of benzene rings is 1. The Labute approximate surface area is 140 Å². The van der Waals surface area contributed by atoms with Crippen LogP contribution < -0.4 is 5.32 Å². The van der Waals surface area contributed by atoms with E-state index in [0.717, 1.165) is 30.8 Å². The molecule has 0 amide bonds. The van der Waals surface area contributed by atoms with Crippen LogP contribution in [0.15, 0.2) is 30.6 Å². The van der Waals surface area contributed by atoms with Gasteiger partial charge >= 0.3 is 0 Å². The summed E-state index contributed by atoms with van der Waals surface area (Å²) in [5.74, 6) is 0.953. The number of hydrogen-bond donors (Lipinski definition) is 1. The van der Waals surface area contributed by atoms with E-state index in [1.807, 2.05) is 29.9 Å². The average Bonchev–Trinajstić information content (AvgIpc) is 2.95. The van der Waals surface area contributed by atoms with E-state index >= 15 is 0 Å². The van der Waals surface area contributed by atoms with Crippen LogP contribution in [0.2, 0.25) is 10.0 Å². The Bertz CT molecular complexity index is 644. The maximum Gasteiger partial charge on any atom is 0.139 e. The Morgan fingerprint density at radius 1 is 1.41 bits per heavy atom. The minimum absolute atomic E-state index is 0.0355. The van der Waals surface area contributed by atoms with Gasteiger partial charge in [-0.3, -0.25) is 0 Å². The van der Waals surface area contributed by atoms with Gasteiger partial charge in [-0.25, -0.2) is 4.98 Å². The van der Waals surface area contributed by atoms with Gasteiger partial charge in [-0.15, -0.1) is 0 Å². The van der Waals surface area contributed by atoms with Crippen molar-refractivity contribution in [3.8, 4) is 0 Å². The number of hydrogen-bond acceptors (Lipinski definition) is 3. The van der Waals surface area contributed by atoms with E-state index < -0.39 is 0 Å². The maximum absolute atomic E-state index is 6.25. The van der Waals surface area contributed by atoms with Gasteiger partial charge in [0.25, 0.3) is 0 Å². The third kappa shape index (κ3) is 3.30. The monoisotopic (exact) mass is 339 g/mol. The van der Waals surface area contributed by atoms with E-state index in [4.69, 9.17) is 27.9 Å². The first-order valence-electron chi connectivity index (χ1n) is 7.42. The number of aromatic nitrogens is 2. The van der Waals surface area contributed by atoms with Crippen molar-refractivity contribution in [2.45, 2.75) is 31.5 Å². The second-order valence-electron chi connectivity index (χ2n) is 5.53. The molecule has 0 aliphatic carbocycles. The summed E-state index contributed by atoms with van der Waals surface area (Å²) >= 11 is 12.3. The zero-order chi connectivity index (χ0) is 15.5. The molecule has 0 saturated carbocycles. The summed E-state index contributed by atoms with van der Waals surface area (Å²) in [5, 5.41) is 4.75. The number of halogens is 2. The van der Waals surface area contributed by atoms with Gasteiger partial charge in [-0.2, -0.15) is 0 Å². The molecular weight excluding hydrogens is 321 g/mol. The second kappa shape index (κ2) is 7.01. The molecule has 0 spiro atoms. The lowest BCUT2D eigenvalue weighted by atomic mass is 10.0. The summed E-state index contributed by atoms with van der Waals surface area (Å²) in [6, 6.07) is 5.91. The van der Waals surface area contributed by atoms with Gasteiger partial charge in [0.1, 0.15) is 11.9 Å². The molecule has 3 rings (SSSR count). The van der Waals surface area contributed by atoms with Crippen molar-refractivity contribution >= 4 is 23.2 Å². The zero-order valence-electron chi connectivity index (χ0n) is 12.4. The molecule has 0 bridgehead atoms. The summed E-state index contributed by atoms with van der Waals surface area (Å²) in [4.78, 5) is 4.43. The highest BCUT2D eigenvalue weighted by Crippen LogP contribution is 2.29. The van der Waals surface area contributed by atoms with Gasteiger partial charge < -0.3 is 14.6 Å². The van der Waals surface area contributed by atoms with E-state index in [-0.39, 0.29) is 12.1 Å². The van der Waals surface area contributed by atoms with E-state index in [1.54, 1.807) is 12.3 Å². The van der Waals surface area contributed by atoms with Crippen LogP contribution in [0.3, 0.4) is 0 Å². The first-order valence-corrected chi connectivity index (χ1v) is 8.17. The molecule has 22 heavy (non-hydrogen) atoms. The lowest BCUT2D eigenvalue weighted by Crippen LogP contribution is -2.40. The van der Waals surface area contributed by atoms with Gasteiger partial charge in [0.2, 0.25) is 0 Å². The Morgan fingerprint density at radius 2 is 2.27 bits per heavy atom. The third-order valence-corrected chi connectivity index (χ3v) is 4.88. The lowest BCUT2D eigenvalue weighted by Gasteiger charge is -2.32. The SMILES string of the molecule is Cn1ccnc1[C@H]1OCCC[C@@H]1NCc1cccc(Cl)c1Cl. The number of aryl methyl sites for hydroxylation is 1. The second-order valence-corrected chi connectivity index (χ2v) is 6.32. The van der Waals surface area contributed by atoms with Gasteiger partial charge in [-0.1, -0.05) is 35.3 Å². The molecule has 1 aliphatic heterocycles. The molecule has 2 atom stereocenters. The molecular formula is C16H19Cl2N3O. The number of ether oxygens (including phenoxy) is 1. The molecule has 0 unspecified atom stereocenters. The first kappa shape index (κ1) is 15.8. The standard InChI is InChI=1S/C16H19Cl2N3O/c1-21-8-7-19-16(21)15-13(6-3-9-22-15)20-10-11-4-2-5-12(17)14(11)18/h2,4-5,7-8,13,15,20H,3,6,9-10H2,1H3/t13-,15-/m0/s1. The van der Waals surface area contributed by atoms with Crippen LogP contribution in [-0.2, 0) is 18.3 Å². The first-order chi connectivity index (χ1) is 10.7. The number of nitrogens with one attached hydrogen (secondary N) is 1. The van der Waals surface area contributed by atoms with Gasteiger partial charge in [0, 0.05) is 38.6 Å². The largest absolute Gasteiger partial charge is 0.369 e. The van der Waals surface area contributed by atoms with Crippen LogP contribution in [0.4, 0.5) is 0 Å². The molecule has 1 N–H and O–H groups in total. The molecule has 6 heteroatoms. The minimum Gasteiger partial charge on any atom is -0.369 e. The van der Waals surface area contributed by atoms with Gasteiger partial charge in [0.15, 0.2) is 0 Å². The fraction of sp³-hybridized carbons (Fsp3) is 0.438. The van der Waals surface area contributed by atoms with Crippen molar-refractivity contribution in [3.63, 3.8) is 0 Å². The Morgan fingerprint density at radius 3 is 3.05 bits per heavy atom. The fourth-order valence-electron chi connectivity index (χ4n) is 2.82. The van der Waals surface area contributed by atoms with E-state index in [0.29, 0.717) is 16.6 Å². The molecule has 1 fully saturated rings. The topological polar surface area (TPSA) is 39.1 Å². The highest BCUT2D eigenvalue weighted by molar-refractivity contribution is 6.42. The Kier molecular flexibility index (Phi) is 5.03. The summed E-state index contributed by atoms with van der Waals surface area (Å²) in [6.07, 6.45) is 5.81. The van der Waals surface area contributed by atoms with Crippen molar-refractivity contribution in [1.82, 2.24) is 14.9 Å². The molecule has 0 radical (unpaired) electrons. The van der Waals surface area contributed by atoms with Gasteiger partial charge in [0.05, 0.1) is 10.0 Å². The molecule has 2 aromatic rings. The maximum atomic E-state index is 6.25. The summed E-state index contributed by atoms with van der Waals surface area (Å²) in [7, 11) is 1.99. The highest BCUT2D eigenvalue weighted by atomic mass is 35.5. The molecule has 1 saturated heterocycles. The summed E-state index contributed by atoms with van der Waals surface area (Å²) in [5.41, 5.74) is 0.998. The van der Waals surface area contributed by atoms with Gasteiger partial charge in [-0.05, 0) is 24.5 Å². The summed E-state index contributed by atoms with van der Waals surface area (Å²) < 4.78 is 7.96. The predicted molar refractivity (Wildman–Crippen MR) is 88.2 cm³/mol. The highest BCUT2D eigenvalue weighted by Gasteiger charge is 2.30. The van der Waals surface area contributed by atoms with Crippen molar-refractivity contribution in [2.24, 2.45) is 7.05 Å². The van der Waals surface area contributed by atoms with Crippen LogP contribution in [-0.4, -0.2) is 22.2 Å². The number of imidazole rings is 1. The average molecular weight is 340 g/mol. The van der Waals surface area contributed by atoms with Crippen LogP contribution >= 0.6 is 23.2 Å². The Hall–Kier alpha value is -1.07. The molecule has 2 heterocycles. The van der Waals surface area contributed by atoms with Crippen molar-refractivity contribution < 1.29 is 4.74 Å². The fourth-order valence-corrected chi connectivity index (χ4v) is 3.21. The van der Waals surface area contributed by atoms with Crippen LogP contribution in [0.1, 0.15) is 30.3 Å². The lowest BCUT2D eigenvalue weighted by molar-refractivity contribution is -0.0178. The zero-order valence-corrected chi connectivity index (χ0v) is 13.9. The molecule has 1 aromatic carbocycles. The van der Waals surface area contributed by atoms with E-state index in [2.05, 4.69) is 10.3 Å². The summed E-state index contributed by atoms with van der Waals surface area (Å²) in [6.45, 7) is 1.43. The van der Waals surface area contributed by atoms with Crippen molar-refractivity contribution in [3.05, 3.63) is 52.0 Å². The molecule has 4 nitrogen and oxygen atoms in total. The molecule has 118 valence electrons.